The third-order valence-corrected chi connectivity index (χ3v) is 4.09. The number of likely N-dealkylation sites (tertiary alicyclic amines) is 1. The normalized spacial score (nSPS) is 14.7. The van der Waals surface area contributed by atoms with Crippen molar-refractivity contribution < 1.29 is 18.7 Å². The third-order valence-electron chi connectivity index (χ3n) is 4.09. The Morgan fingerprint density at radius 2 is 1.77 bits per heavy atom. The maximum Gasteiger partial charge on any atom is 0.410 e. The molecule has 0 aromatic heterocycles. The van der Waals surface area contributed by atoms with Gasteiger partial charge in [-0.25, -0.2) is 9.18 Å². The Kier molecular flexibility index (Phi) is 4.90. The van der Waals surface area contributed by atoms with Crippen molar-refractivity contribution in [1.82, 2.24) is 4.90 Å². The molecule has 1 saturated heterocycles. The van der Waals surface area contributed by atoms with Gasteiger partial charge in [-0.1, -0.05) is 24.3 Å². The summed E-state index contributed by atoms with van der Waals surface area (Å²) in [4.78, 5) is 13.5. The minimum atomic E-state index is -0.496. The van der Waals surface area contributed by atoms with E-state index in [1.54, 1.807) is 11.0 Å². The van der Waals surface area contributed by atoms with E-state index in [0.29, 0.717) is 24.4 Å². The molecule has 3 rings (SSSR count). The highest BCUT2D eigenvalue weighted by atomic mass is 19.1. The van der Waals surface area contributed by atoms with E-state index in [1.165, 1.54) is 6.07 Å². The molecule has 0 bridgehead atoms. The van der Waals surface area contributed by atoms with Crippen molar-refractivity contribution in [2.75, 3.05) is 13.1 Å². The van der Waals surface area contributed by atoms with Crippen LogP contribution >= 0.6 is 0 Å². The highest BCUT2D eigenvalue weighted by molar-refractivity contribution is 5.69. The second-order valence-corrected chi connectivity index (χ2v) is 7.63. The van der Waals surface area contributed by atoms with Gasteiger partial charge in [0.2, 0.25) is 0 Å². The zero-order valence-electron chi connectivity index (χ0n) is 15.6. The monoisotopic (exact) mass is 357 g/mol. The first-order valence-corrected chi connectivity index (χ1v) is 8.72. The Bertz CT molecular complexity index is 790. The summed E-state index contributed by atoms with van der Waals surface area (Å²) >= 11 is 0. The van der Waals surface area contributed by atoms with Crippen molar-refractivity contribution in [2.24, 2.45) is 0 Å². The maximum atomic E-state index is 14.1. The first kappa shape index (κ1) is 18.2. The Morgan fingerprint density at radius 1 is 1.12 bits per heavy atom. The first-order valence-electron chi connectivity index (χ1n) is 8.72. The van der Waals surface area contributed by atoms with Gasteiger partial charge in [-0.2, -0.15) is 0 Å². The lowest BCUT2D eigenvalue weighted by Crippen LogP contribution is -2.57. The maximum absolute atomic E-state index is 14.1. The third kappa shape index (κ3) is 4.34. The number of aryl methyl sites for hydroxylation is 1. The van der Waals surface area contributed by atoms with Gasteiger partial charge in [0.05, 0.1) is 13.1 Å². The van der Waals surface area contributed by atoms with Crippen LogP contribution in [0.2, 0.25) is 0 Å². The molecule has 1 aliphatic heterocycles. The molecule has 5 heteroatoms. The minimum Gasteiger partial charge on any atom is -0.487 e. The van der Waals surface area contributed by atoms with Gasteiger partial charge in [-0.05, 0) is 57.0 Å². The molecule has 26 heavy (non-hydrogen) atoms. The fourth-order valence-corrected chi connectivity index (χ4v) is 2.75. The van der Waals surface area contributed by atoms with Crippen molar-refractivity contribution in [3.63, 3.8) is 0 Å². The molecule has 138 valence electrons. The van der Waals surface area contributed by atoms with E-state index in [1.807, 2.05) is 58.0 Å². The second-order valence-electron chi connectivity index (χ2n) is 7.63. The van der Waals surface area contributed by atoms with Gasteiger partial charge in [-0.15, -0.1) is 0 Å². The number of rotatable bonds is 3. The highest BCUT2D eigenvalue weighted by Gasteiger charge is 2.35. The van der Waals surface area contributed by atoms with E-state index in [2.05, 4.69) is 0 Å². The molecule has 0 N–H and O–H groups in total. The zero-order valence-corrected chi connectivity index (χ0v) is 15.6. The van der Waals surface area contributed by atoms with E-state index in [-0.39, 0.29) is 18.0 Å². The number of hydrogen-bond acceptors (Lipinski definition) is 3. The summed E-state index contributed by atoms with van der Waals surface area (Å²) < 4.78 is 25.2. The number of carbonyl (C=O) groups is 1. The van der Waals surface area contributed by atoms with Gasteiger partial charge >= 0.3 is 6.09 Å². The zero-order chi connectivity index (χ0) is 18.9. The van der Waals surface area contributed by atoms with Gasteiger partial charge in [0.25, 0.3) is 0 Å². The summed E-state index contributed by atoms with van der Waals surface area (Å²) in [6.07, 6.45) is -0.368. The smallest absolute Gasteiger partial charge is 0.410 e. The van der Waals surface area contributed by atoms with Crippen LogP contribution in [0.4, 0.5) is 9.18 Å². The Morgan fingerprint density at radius 3 is 2.35 bits per heavy atom. The van der Waals surface area contributed by atoms with Crippen LogP contribution in [0.15, 0.2) is 42.5 Å². The molecule has 2 aromatic rings. The molecule has 0 aliphatic carbocycles. The molecule has 0 saturated carbocycles. The van der Waals surface area contributed by atoms with E-state index in [4.69, 9.17) is 9.47 Å². The van der Waals surface area contributed by atoms with Crippen molar-refractivity contribution in [1.29, 1.82) is 0 Å². The summed E-state index contributed by atoms with van der Waals surface area (Å²) in [5, 5.41) is 0. The van der Waals surface area contributed by atoms with Crippen molar-refractivity contribution in [2.45, 2.75) is 39.4 Å². The van der Waals surface area contributed by atoms with Gasteiger partial charge in [0, 0.05) is 5.56 Å². The molecule has 1 aliphatic rings. The van der Waals surface area contributed by atoms with Gasteiger partial charge < -0.3 is 14.4 Å². The number of benzene rings is 2. The van der Waals surface area contributed by atoms with Crippen LogP contribution in [-0.2, 0) is 4.74 Å². The second kappa shape index (κ2) is 6.98. The predicted molar refractivity (Wildman–Crippen MR) is 98.8 cm³/mol. The van der Waals surface area contributed by atoms with Crippen LogP contribution in [0.3, 0.4) is 0 Å². The van der Waals surface area contributed by atoms with E-state index in [0.717, 1.165) is 11.1 Å². The highest BCUT2D eigenvalue weighted by Crippen LogP contribution is 2.27. The Balaban J connectivity index is 1.55. The summed E-state index contributed by atoms with van der Waals surface area (Å²) in [5.74, 6) is 0.473. The Hall–Kier alpha value is -2.56. The SMILES string of the molecule is Cc1ccc(-c2ccc(OC3CN(C(=O)OC(C)(C)C)C3)cc2)c(F)c1. The van der Waals surface area contributed by atoms with Crippen molar-refractivity contribution in [3.05, 3.63) is 53.8 Å². The molecule has 0 radical (unpaired) electrons. The molecular formula is C21H24FNO3. The fourth-order valence-electron chi connectivity index (χ4n) is 2.75. The Labute approximate surface area is 153 Å². The summed E-state index contributed by atoms with van der Waals surface area (Å²) in [6, 6.07) is 12.5. The molecule has 2 aromatic carbocycles. The average Bonchev–Trinajstić information content (AvgIpc) is 2.49. The first-order chi connectivity index (χ1) is 12.2. The molecular weight excluding hydrogens is 333 g/mol. The molecule has 1 amide bonds. The van der Waals surface area contributed by atoms with E-state index in [9.17, 15) is 9.18 Å². The number of hydrogen-bond donors (Lipinski definition) is 0. The standard InChI is InChI=1S/C21H24FNO3/c1-14-5-10-18(19(22)11-14)15-6-8-16(9-7-15)25-17-12-23(13-17)20(24)26-21(2,3)4/h5-11,17H,12-13H2,1-4H3. The number of amides is 1. The quantitative estimate of drug-likeness (QED) is 0.792. The van der Waals surface area contributed by atoms with Crippen LogP contribution in [0, 0.1) is 12.7 Å². The van der Waals surface area contributed by atoms with Gasteiger partial charge in [0.1, 0.15) is 23.3 Å². The predicted octanol–water partition coefficient (Wildman–Crippen LogP) is 4.80. The topological polar surface area (TPSA) is 38.8 Å². The summed E-state index contributed by atoms with van der Waals surface area (Å²) in [6.45, 7) is 8.40. The largest absolute Gasteiger partial charge is 0.487 e. The fraction of sp³-hybridized carbons (Fsp3) is 0.381. The average molecular weight is 357 g/mol. The van der Waals surface area contributed by atoms with Crippen LogP contribution in [0.5, 0.6) is 5.75 Å². The lowest BCUT2D eigenvalue weighted by atomic mass is 10.0. The van der Waals surface area contributed by atoms with Crippen LogP contribution in [0.1, 0.15) is 26.3 Å². The molecule has 1 fully saturated rings. The molecule has 0 atom stereocenters. The summed E-state index contributed by atoms with van der Waals surface area (Å²) in [7, 11) is 0. The molecule has 0 unspecified atom stereocenters. The van der Waals surface area contributed by atoms with Gasteiger partial charge in [0.15, 0.2) is 0 Å². The minimum absolute atomic E-state index is 0.0514. The number of carbonyl (C=O) groups excluding carboxylic acids is 1. The molecule has 1 heterocycles. The van der Waals surface area contributed by atoms with E-state index < -0.39 is 5.60 Å². The lowest BCUT2D eigenvalue weighted by molar-refractivity contribution is -0.0221. The summed E-state index contributed by atoms with van der Waals surface area (Å²) in [5.41, 5.74) is 1.77. The molecule has 0 spiro atoms. The lowest BCUT2D eigenvalue weighted by Gasteiger charge is -2.39. The van der Waals surface area contributed by atoms with Crippen LogP contribution < -0.4 is 4.74 Å². The van der Waals surface area contributed by atoms with Gasteiger partial charge in [-0.3, -0.25) is 0 Å². The van der Waals surface area contributed by atoms with Crippen molar-refractivity contribution >= 4 is 6.09 Å². The molecule has 4 nitrogen and oxygen atoms in total. The van der Waals surface area contributed by atoms with Crippen LogP contribution in [0.25, 0.3) is 11.1 Å². The van der Waals surface area contributed by atoms with Crippen molar-refractivity contribution in [3.8, 4) is 16.9 Å². The number of ether oxygens (including phenoxy) is 2. The van der Waals surface area contributed by atoms with Crippen LogP contribution in [-0.4, -0.2) is 35.8 Å². The van der Waals surface area contributed by atoms with E-state index >= 15 is 0 Å². The number of halogens is 1. The number of nitrogens with zero attached hydrogens (tertiary/aromatic N) is 1.